The monoisotopic (exact) mass is 325 g/mol. The average molecular weight is 325 g/mol. The first-order valence-corrected chi connectivity index (χ1v) is 8.49. The van der Waals surface area contributed by atoms with Crippen molar-refractivity contribution in [2.45, 2.75) is 26.3 Å². The number of nitrogens with zero attached hydrogens (tertiary/aromatic N) is 3. The van der Waals surface area contributed by atoms with Crippen LogP contribution in [0, 0.1) is 13.8 Å². The lowest BCUT2D eigenvalue weighted by Gasteiger charge is -2.21. The third-order valence-corrected chi connectivity index (χ3v) is 5.59. The first-order valence-electron chi connectivity index (χ1n) is 6.69. The Morgan fingerprint density at radius 1 is 1.33 bits per heavy atom. The Kier molecular flexibility index (Phi) is 3.75. The standard InChI is InChI=1S/C13H15N3O3S2/c1-7-11(21-8(2)14-7)12(18)15-4-3-9(5-15)16-10(17)6-20-13(16)19/h9H,3-6H2,1-2H3. The zero-order valence-corrected chi connectivity index (χ0v) is 13.4. The van der Waals surface area contributed by atoms with Crippen molar-refractivity contribution in [3.05, 3.63) is 15.6 Å². The first kappa shape index (κ1) is 14.5. The molecule has 3 heterocycles. The molecule has 1 atom stereocenters. The molecule has 3 rings (SSSR count). The molecule has 6 nitrogen and oxygen atoms in total. The van der Waals surface area contributed by atoms with Crippen molar-refractivity contribution in [1.82, 2.24) is 14.8 Å². The van der Waals surface area contributed by atoms with E-state index in [-0.39, 0.29) is 28.8 Å². The van der Waals surface area contributed by atoms with Crippen LogP contribution in [0.5, 0.6) is 0 Å². The molecule has 0 aromatic carbocycles. The number of hydrogen-bond donors (Lipinski definition) is 0. The third-order valence-electron chi connectivity index (χ3n) is 3.70. The maximum absolute atomic E-state index is 12.5. The Morgan fingerprint density at radius 2 is 2.10 bits per heavy atom. The fourth-order valence-electron chi connectivity index (χ4n) is 2.73. The van der Waals surface area contributed by atoms with Crippen molar-refractivity contribution in [3.8, 4) is 0 Å². The molecular weight excluding hydrogens is 310 g/mol. The van der Waals surface area contributed by atoms with E-state index >= 15 is 0 Å². The van der Waals surface area contributed by atoms with Gasteiger partial charge in [-0.1, -0.05) is 11.8 Å². The molecule has 0 saturated carbocycles. The third kappa shape index (κ3) is 2.57. The summed E-state index contributed by atoms with van der Waals surface area (Å²) in [5.41, 5.74) is 0.745. The first-order chi connectivity index (χ1) is 9.97. The van der Waals surface area contributed by atoms with Gasteiger partial charge in [-0.15, -0.1) is 11.3 Å². The van der Waals surface area contributed by atoms with Crippen molar-refractivity contribution in [2.24, 2.45) is 0 Å². The number of imide groups is 1. The molecule has 0 radical (unpaired) electrons. The van der Waals surface area contributed by atoms with E-state index in [1.165, 1.54) is 16.2 Å². The van der Waals surface area contributed by atoms with Crippen LogP contribution in [0.25, 0.3) is 0 Å². The second kappa shape index (κ2) is 5.42. The van der Waals surface area contributed by atoms with Gasteiger partial charge in [-0.05, 0) is 20.3 Å². The van der Waals surface area contributed by atoms with Gasteiger partial charge in [-0.25, -0.2) is 4.98 Å². The van der Waals surface area contributed by atoms with Crippen LogP contribution in [-0.2, 0) is 4.79 Å². The number of thiazole rings is 1. The van der Waals surface area contributed by atoms with Gasteiger partial charge in [0.1, 0.15) is 4.88 Å². The van der Waals surface area contributed by atoms with Gasteiger partial charge in [-0.2, -0.15) is 0 Å². The van der Waals surface area contributed by atoms with E-state index in [0.29, 0.717) is 24.4 Å². The summed E-state index contributed by atoms with van der Waals surface area (Å²) < 4.78 is 0. The fourth-order valence-corrected chi connectivity index (χ4v) is 4.39. The van der Waals surface area contributed by atoms with Gasteiger partial charge in [0, 0.05) is 13.1 Å². The van der Waals surface area contributed by atoms with E-state index < -0.39 is 0 Å². The van der Waals surface area contributed by atoms with Crippen LogP contribution < -0.4 is 0 Å². The minimum Gasteiger partial charge on any atom is -0.336 e. The second-order valence-corrected chi connectivity index (χ2v) is 7.29. The molecule has 2 saturated heterocycles. The van der Waals surface area contributed by atoms with Crippen molar-refractivity contribution in [2.75, 3.05) is 18.8 Å². The van der Waals surface area contributed by atoms with Crippen LogP contribution in [-0.4, -0.2) is 56.7 Å². The van der Waals surface area contributed by atoms with Gasteiger partial charge in [0.2, 0.25) is 5.91 Å². The van der Waals surface area contributed by atoms with Crippen molar-refractivity contribution in [1.29, 1.82) is 0 Å². The van der Waals surface area contributed by atoms with E-state index in [1.807, 2.05) is 13.8 Å². The maximum Gasteiger partial charge on any atom is 0.289 e. The number of hydrogen-bond acceptors (Lipinski definition) is 6. The van der Waals surface area contributed by atoms with Gasteiger partial charge >= 0.3 is 0 Å². The van der Waals surface area contributed by atoms with E-state index in [0.717, 1.165) is 22.5 Å². The summed E-state index contributed by atoms with van der Waals surface area (Å²) in [7, 11) is 0. The zero-order chi connectivity index (χ0) is 15.1. The summed E-state index contributed by atoms with van der Waals surface area (Å²) in [6.07, 6.45) is 0.653. The van der Waals surface area contributed by atoms with Crippen molar-refractivity contribution >= 4 is 40.2 Å². The quantitative estimate of drug-likeness (QED) is 0.827. The number of rotatable bonds is 2. The normalized spacial score (nSPS) is 22.5. The molecule has 3 amide bonds. The molecule has 0 spiro atoms. The van der Waals surface area contributed by atoms with Crippen LogP contribution in [0.15, 0.2) is 0 Å². The van der Waals surface area contributed by atoms with Gasteiger partial charge in [-0.3, -0.25) is 19.3 Å². The van der Waals surface area contributed by atoms with Crippen LogP contribution >= 0.6 is 23.1 Å². The number of amides is 3. The average Bonchev–Trinajstić information content (AvgIpc) is 3.10. The molecular formula is C13H15N3O3S2. The van der Waals surface area contributed by atoms with E-state index in [4.69, 9.17) is 0 Å². The molecule has 2 aliphatic heterocycles. The lowest BCUT2D eigenvalue weighted by atomic mass is 10.2. The van der Waals surface area contributed by atoms with Gasteiger partial charge < -0.3 is 4.90 Å². The van der Waals surface area contributed by atoms with Crippen LogP contribution in [0.1, 0.15) is 26.8 Å². The number of carbonyl (C=O) groups excluding carboxylic acids is 3. The van der Waals surface area contributed by atoms with Crippen molar-refractivity contribution < 1.29 is 14.4 Å². The summed E-state index contributed by atoms with van der Waals surface area (Å²) in [4.78, 5) is 44.0. The van der Waals surface area contributed by atoms with Gasteiger partial charge in [0.25, 0.3) is 11.1 Å². The molecule has 8 heteroatoms. The van der Waals surface area contributed by atoms with Crippen LogP contribution in [0.4, 0.5) is 4.79 Å². The Labute approximate surface area is 130 Å². The summed E-state index contributed by atoms with van der Waals surface area (Å²) in [6, 6.07) is -0.182. The van der Waals surface area contributed by atoms with Crippen molar-refractivity contribution in [3.63, 3.8) is 0 Å². The predicted molar refractivity (Wildman–Crippen MR) is 80.6 cm³/mol. The minimum absolute atomic E-state index is 0.0488. The molecule has 2 aliphatic rings. The molecule has 1 aromatic rings. The Balaban J connectivity index is 1.72. The molecule has 112 valence electrons. The molecule has 1 unspecified atom stereocenters. The number of aromatic nitrogens is 1. The van der Waals surface area contributed by atoms with Gasteiger partial charge in [0.05, 0.1) is 22.5 Å². The van der Waals surface area contributed by atoms with Gasteiger partial charge in [0.15, 0.2) is 0 Å². The number of aryl methyl sites for hydroxylation is 2. The second-order valence-electron chi connectivity index (χ2n) is 5.16. The summed E-state index contributed by atoms with van der Waals surface area (Å²) >= 11 is 2.43. The molecule has 2 fully saturated rings. The van der Waals surface area contributed by atoms with E-state index in [9.17, 15) is 14.4 Å². The largest absolute Gasteiger partial charge is 0.336 e. The smallest absolute Gasteiger partial charge is 0.289 e. The highest BCUT2D eigenvalue weighted by Crippen LogP contribution is 2.28. The highest BCUT2D eigenvalue weighted by molar-refractivity contribution is 8.14. The minimum atomic E-state index is -0.191. The van der Waals surface area contributed by atoms with E-state index in [1.54, 1.807) is 4.90 Å². The number of likely N-dealkylation sites (tertiary alicyclic amines) is 1. The Morgan fingerprint density at radius 3 is 2.67 bits per heavy atom. The Hall–Kier alpha value is -1.41. The highest BCUT2D eigenvalue weighted by Gasteiger charge is 2.40. The fraction of sp³-hybridized carbons (Fsp3) is 0.538. The molecule has 0 N–H and O–H groups in total. The Bertz CT molecular complexity index is 612. The summed E-state index contributed by atoms with van der Waals surface area (Å²) in [6.45, 7) is 4.70. The number of carbonyl (C=O) groups is 3. The molecule has 21 heavy (non-hydrogen) atoms. The number of thioether (sulfide) groups is 1. The molecule has 0 aliphatic carbocycles. The molecule has 0 bridgehead atoms. The maximum atomic E-state index is 12.5. The topological polar surface area (TPSA) is 70.6 Å². The zero-order valence-electron chi connectivity index (χ0n) is 11.8. The predicted octanol–water partition coefficient (Wildman–Crippen LogP) is 1.67. The van der Waals surface area contributed by atoms with E-state index in [2.05, 4.69) is 4.98 Å². The molecule has 1 aromatic heterocycles. The highest BCUT2D eigenvalue weighted by atomic mass is 32.2. The summed E-state index contributed by atoms with van der Waals surface area (Å²) in [5.74, 6) is 0.0256. The van der Waals surface area contributed by atoms with Crippen LogP contribution in [0.3, 0.4) is 0 Å². The summed E-state index contributed by atoms with van der Waals surface area (Å²) in [5, 5.41) is 0.678. The lowest BCUT2D eigenvalue weighted by molar-refractivity contribution is -0.126. The lowest BCUT2D eigenvalue weighted by Crippen LogP contribution is -2.41. The SMILES string of the molecule is Cc1nc(C)c(C(=O)N2CCC(N3C(=O)CSC3=O)C2)s1. The van der Waals surface area contributed by atoms with Crippen LogP contribution in [0.2, 0.25) is 0 Å².